The Kier molecular flexibility index (Phi) is 6.11. The van der Waals surface area contributed by atoms with E-state index in [4.69, 9.17) is 9.47 Å². The Morgan fingerprint density at radius 2 is 1.93 bits per heavy atom. The normalized spacial score (nSPS) is 15.3. The maximum Gasteiger partial charge on any atom is 0.262 e. The molecule has 0 aliphatic carbocycles. The van der Waals surface area contributed by atoms with Gasteiger partial charge in [-0.25, -0.2) is 0 Å². The lowest BCUT2D eigenvalue weighted by atomic mass is 9.92. The van der Waals surface area contributed by atoms with Crippen LogP contribution >= 0.6 is 0 Å². The van der Waals surface area contributed by atoms with E-state index in [0.29, 0.717) is 41.9 Å². The van der Waals surface area contributed by atoms with Crippen molar-refractivity contribution in [2.24, 2.45) is 11.3 Å². The fraction of sp³-hybridized carbons (Fsp3) is 0.391. The van der Waals surface area contributed by atoms with E-state index in [1.807, 2.05) is 32.0 Å². The molecule has 0 spiro atoms. The Bertz CT molecular complexity index is 878. The fourth-order valence-corrected chi connectivity index (χ4v) is 3.13. The van der Waals surface area contributed by atoms with Gasteiger partial charge < -0.3 is 19.7 Å². The van der Waals surface area contributed by atoms with Crippen molar-refractivity contribution in [1.82, 2.24) is 0 Å². The molecule has 0 radical (unpaired) electrons. The summed E-state index contributed by atoms with van der Waals surface area (Å²) in [7, 11) is 0. The van der Waals surface area contributed by atoms with Gasteiger partial charge in [0.25, 0.3) is 5.91 Å². The van der Waals surface area contributed by atoms with Gasteiger partial charge in [-0.1, -0.05) is 32.0 Å². The molecule has 2 aromatic carbocycles. The van der Waals surface area contributed by atoms with Crippen LogP contribution in [0.2, 0.25) is 0 Å². The van der Waals surface area contributed by atoms with Gasteiger partial charge in [0.15, 0.2) is 6.61 Å². The highest BCUT2D eigenvalue weighted by molar-refractivity contribution is 6.00. The molecular formula is C23H28N2O4. The first-order valence-electron chi connectivity index (χ1n) is 9.83. The Balaban J connectivity index is 1.77. The van der Waals surface area contributed by atoms with Crippen LogP contribution in [0.5, 0.6) is 11.5 Å². The molecule has 6 heteroatoms. The molecular weight excluding hydrogens is 368 g/mol. The van der Waals surface area contributed by atoms with E-state index < -0.39 is 5.41 Å². The van der Waals surface area contributed by atoms with Gasteiger partial charge >= 0.3 is 0 Å². The molecule has 154 valence electrons. The molecule has 0 bridgehead atoms. The molecule has 0 aromatic heterocycles. The molecule has 0 atom stereocenters. The SMILES string of the molecule is CC(C)CN1C(=O)C(C)(C)COc2ccc(NC(=O)COc3ccccc3)cc21. The van der Waals surface area contributed by atoms with Crippen LogP contribution < -0.4 is 19.7 Å². The molecule has 1 aliphatic heterocycles. The van der Waals surface area contributed by atoms with Crippen molar-refractivity contribution in [3.05, 3.63) is 48.5 Å². The van der Waals surface area contributed by atoms with E-state index in [9.17, 15) is 9.59 Å². The summed E-state index contributed by atoms with van der Waals surface area (Å²) in [6, 6.07) is 14.5. The maximum atomic E-state index is 13.1. The number of carbonyl (C=O) groups is 2. The number of hydrogen-bond donors (Lipinski definition) is 1. The van der Waals surface area contributed by atoms with E-state index >= 15 is 0 Å². The molecule has 1 heterocycles. The number of benzene rings is 2. The number of para-hydroxylation sites is 1. The Hall–Kier alpha value is -3.02. The van der Waals surface area contributed by atoms with Gasteiger partial charge in [-0.05, 0) is 50.1 Å². The van der Waals surface area contributed by atoms with E-state index in [2.05, 4.69) is 19.2 Å². The molecule has 6 nitrogen and oxygen atoms in total. The summed E-state index contributed by atoms with van der Waals surface area (Å²) in [6.07, 6.45) is 0. The lowest BCUT2D eigenvalue weighted by Crippen LogP contribution is -2.43. The zero-order chi connectivity index (χ0) is 21.0. The minimum atomic E-state index is -0.624. The van der Waals surface area contributed by atoms with Crippen molar-refractivity contribution in [2.75, 3.05) is 30.0 Å². The number of hydrogen-bond acceptors (Lipinski definition) is 4. The predicted octanol–water partition coefficient (Wildman–Crippen LogP) is 4.11. The lowest BCUT2D eigenvalue weighted by molar-refractivity contribution is -0.127. The first-order chi connectivity index (χ1) is 13.8. The Labute approximate surface area is 171 Å². The summed E-state index contributed by atoms with van der Waals surface area (Å²) < 4.78 is 11.4. The van der Waals surface area contributed by atoms with Crippen molar-refractivity contribution in [3.8, 4) is 11.5 Å². The molecule has 0 unspecified atom stereocenters. The second kappa shape index (κ2) is 8.55. The third-order valence-electron chi connectivity index (χ3n) is 4.61. The minimum Gasteiger partial charge on any atom is -0.490 e. The summed E-state index contributed by atoms with van der Waals surface area (Å²) in [6.45, 7) is 8.70. The number of rotatable bonds is 6. The minimum absolute atomic E-state index is 0.0147. The number of carbonyl (C=O) groups excluding carboxylic acids is 2. The lowest BCUT2D eigenvalue weighted by Gasteiger charge is -2.29. The van der Waals surface area contributed by atoms with Gasteiger partial charge in [-0.15, -0.1) is 0 Å². The molecule has 0 saturated heterocycles. The highest BCUT2D eigenvalue weighted by atomic mass is 16.5. The Morgan fingerprint density at radius 3 is 2.62 bits per heavy atom. The van der Waals surface area contributed by atoms with Gasteiger partial charge in [-0.2, -0.15) is 0 Å². The van der Waals surface area contributed by atoms with E-state index in [1.165, 1.54) is 0 Å². The standard InChI is InChI=1S/C23H28N2O4/c1-16(2)13-25-19-12-17(10-11-20(19)29-15-23(3,4)22(25)27)24-21(26)14-28-18-8-6-5-7-9-18/h5-12,16H,13-15H2,1-4H3,(H,24,26). The van der Waals surface area contributed by atoms with E-state index in [-0.39, 0.29) is 18.4 Å². The van der Waals surface area contributed by atoms with E-state index in [0.717, 1.165) is 0 Å². The molecule has 2 aromatic rings. The van der Waals surface area contributed by atoms with E-state index in [1.54, 1.807) is 35.2 Å². The van der Waals surface area contributed by atoms with Gasteiger partial charge in [0.05, 0.1) is 11.1 Å². The predicted molar refractivity (Wildman–Crippen MR) is 113 cm³/mol. The third kappa shape index (κ3) is 5.08. The highest BCUT2D eigenvalue weighted by Crippen LogP contribution is 2.38. The molecule has 1 N–H and O–H groups in total. The van der Waals surface area contributed by atoms with Crippen LogP contribution in [0.1, 0.15) is 27.7 Å². The molecule has 3 rings (SSSR count). The van der Waals surface area contributed by atoms with Crippen LogP contribution in [0.15, 0.2) is 48.5 Å². The van der Waals surface area contributed by atoms with Crippen molar-refractivity contribution in [1.29, 1.82) is 0 Å². The zero-order valence-corrected chi connectivity index (χ0v) is 17.4. The average Bonchev–Trinajstić information content (AvgIpc) is 2.77. The summed E-state index contributed by atoms with van der Waals surface area (Å²) in [4.78, 5) is 27.2. The molecule has 2 amide bonds. The van der Waals surface area contributed by atoms with Crippen LogP contribution in [-0.2, 0) is 9.59 Å². The smallest absolute Gasteiger partial charge is 0.262 e. The number of fused-ring (bicyclic) bond motifs is 1. The first-order valence-corrected chi connectivity index (χ1v) is 9.83. The van der Waals surface area contributed by atoms with Gasteiger partial charge in [0.2, 0.25) is 5.91 Å². The summed E-state index contributed by atoms with van der Waals surface area (Å²) in [5.41, 5.74) is 0.646. The van der Waals surface area contributed by atoms with Gasteiger partial charge in [0, 0.05) is 12.2 Å². The topological polar surface area (TPSA) is 67.9 Å². The Morgan fingerprint density at radius 1 is 1.21 bits per heavy atom. The number of anilines is 2. The maximum absolute atomic E-state index is 13.1. The average molecular weight is 396 g/mol. The van der Waals surface area contributed by atoms with Crippen LogP contribution in [0.4, 0.5) is 11.4 Å². The van der Waals surface area contributed by atoms with Crippen LogP contribution in [0.25, 0.3) is 0 Å². The number of nitrogens with zero attached hydrogens (tertiary/aromatic N) is 1. The molecule has 0 fully saturated rings. The molecule has 0 saturated carbocycles. The van der Waals surface area contributed by atoms with Crippen LogP contribution in [0.3, 0.4) is 0 Å². The number of ether oxygens (including phenoxy) is 2. The number of amides is 2. The third-order valence-corrected chi connectivity index (χ3v) is 4.61. The fourth-order valence-electron chi connectivity index (χ4n) is 3.13. The van der Waals surface area contributed by atoms with Crippen molar-refractivity contribution in [3.63, 3.8) is 0 Å². The van der Waals surface area contributed by atoms with Crippen LogP contribution in [-0.4, -0.2) is 31.6 Å². The summed E-state index contributed by atoms with van der Waals surface area (Å²) >= 11 is 0. The second-order valence-corrected chi connectivity index (χ2v) is 8.31. The summed E-state index contributed by atoms with van der Waals surface area (Å²) in [5, 5.41) is 2.83. The van der Waals surface area contributed by atoms with Crippen LogP contribution in [0, 0.1) is 11.3 Å². The van der Waals surface area contributed by atoms with Gasteiger partial charge in [0.1, 0.15) is 18.1 Å². The van der Waals surface area contributed by atoms with Crippen molar-refractivity contribution < 1.29 is 19.1 Å². The summed E-state index contributed by atoms with van der Waals surface area (Å²) in [5.74, 6) is 1.31. The first kappa shape index (κ1) is 20.7. The quantitative estimate of drug-likeness (QED) is 0.798. The highest BCUT2D eigenvalue weighted by Gasteiger charge is 2.38. The molecule has 1 aliphatic rings. The van der Waals surface area contributed by atoms with Gasteiger partial charge in [-0.3, -0.25) is 9.59 Å². The largest absolute Gasteiger partial charge is 0.490 e. The zero-order valence-electron chi connectivity index (χ0n) is 17.4. The monoisotopic (exact) mass is 396 g/mol. The second-order valence-electron chi connectivity index (χ2n) is 8.31. The van der Waals surface area contributed by atoms with Crippen molar-refractivity contribution in [2.45, 2.75) is 27.7 Å². The molecule has 29 heavy (non-hydrogen) atoms. The number of nitrogens with one attached hydrogen (secondary N) is 1. The van der Waals surface area contributed by atoms with Crippen molar-refractivity contribution >= 4 is 23.2 Å².